The van der Waals surface area contributed by atoms with Crippen LogP contribution in [0.15, 0.2) is 18.3 Å². The number of anilines is 1. The molecule has 5 heteroatoms. The summed E-state index contributed by atoms with van der Waals surface area (Å²) in [5.74, 6) is 1.13. The van der Waals surface area contributed by atoms with Gasteiger partial charge < -0.3 is 14.4 Å². The lowest BCUT2D eigenvalue weighted by atomic mass is 9.87. The van der Waals surface area contributed by atoms with Gasteiger partial charge in [-0.1, -0.05) is 6.07 Å². The number of nitrogens with zero attached hydrogens (tertiary/aromatic N) is 3. The van der Waals surface area contributed by atoms with Crippen LogP contribution in [0.1, 0.15) is 37.7 Å². The Kier molecular flexibility index (Phi) is 5.01. The number of morpholine rings is 1. The molecule has 4 rings (SSSR count). The average molecular weight is 331 g/mol. The van der Waals surface area contributed by atoms with Gasteiger partial charge in [0.25, 0.3) is 0 Å². The van der Waals surface area contributed by atoms with E-state index in [0.29, 0.717) is 18.2 Å². The van der Waals surface area contributed by atoms with Gasteiger partial charge >= 0.3 is 0 Å². The minimum Gasteiger partial charge on any atom is -0.381 e. The summed E-state index contributed by atoms with van der Waals surface area (Å²) in [6.45, 7) is 5.12. The molecule has 24 heavy (non-hydrogen) atoms. The van der Waals surface area contributed by atoms with E-state index >= 15 is 0 Å². The highest BCUT2D eigenvalue weighted by Gasteiger charge is 2.37. The lowest BCUT2D eigenvalue weighted by Crippen LogP contribution is -2.54. The normalized spacial score (nSPS) is 31.2. The van der Waals surface area contributed by atoms with Gasteiger partial charge in [0.1, 0.15) is 5.82 Å². The van der Waals surface area contributed by atoms with Crippen LogP contribution in [0.3, 0.4) is 0 Å². The highest BCUT2D eigenvalue weighted by molar-refractivity contribution is 5.40. The van der Waals surface area contributed by atoms with Gasteiger partial charge in [-0.25, -0.2) is 4.98 Å². The number of ether oxygens (including phenoxy) is 2. The van der Waals surface area contributed by atoms with Crippen molar-refractivity contribution in [2.75, 3.05) is 38.3 Å². The van der Waals surface area contributed by atoms with Crippen molar-refractivity contribution in [3.8, 4) is 0 Å². The van der Waals surface area contributed by atoms with Gasteiger partial charge in [-0.3, -0.25) is 4.90 Å². The topological polar surface area (TPSA) is 37.8 Å². The van der Waals surface area contributed by atoms with Crippen molar-refractivity contribution < 1.29 is 9.47 Å². The first-order valence-electron chi connectivity index (χ1n) is 9.42. The first-order valence-corrected chi connectivity index (χ1v) is 9.42. The van der Waals surface area contributed by atoms with Crippen molar-refractivity contribution in [1.29, 1.82) is 0 Å². The fourth-order valence-electron chi connectivity index (χ4n) is 4.44. The van der Waals surface area contributed by atoms with Crippen molar-refractivity contribution in [1.82, 2.24) is 9.88 Å². The minimum atomic E-state index is 0.377. The molecule has 1 saturated carbocycles. The van der Waals surface area contributed by atoms with E-state index in [0.717, 1.165) is 57.9 Å². The van der Waals surface area contributed by atoms with Crippen LogP contribution in [0.4, 0.5) is 5.82 Å². The summed E-state index contributed by atoms with van der Waals surface area (Å²) in [7, 11) is 1.83. The van der Waals surface area contributed by atoms with E-state index in [-0.39, 0.29) is 0 Å². The summed E-state index contributed by atoms with van der Waals surface area (Å²) in [6, 6.07) is 4.93. The monoisotopic (exact) mass is 331 g/mol. The van der Waals surface area contributed by atoms with Crippen LogP contribution in [-0.4, -0.2) is 61.5 Å². The number of hydrogen-bond acceptors (Lipinski definition) is 5. The molecule has 0 bridgehead atoms. The van der Waals surface area contributed by atoms with Gasteiger partial charge in [-0.15, -0.1) is 0 Å². The highest BCUT2D eigenvalue weighted by Crippen LogP contribution is 2.31. The van der Waals surface area contributed by atoms with E-state index in [4.69, 9.17) is 14.5 Å². The Bertz CT molecular complexity index is 530. The Morgan fingerprint density at radius 2 is 2.08 bits per heavy atom. The number of methoxy groups -OCH3 is 1. The minimum absolute atomic E-state index is 0.377. The van der Waals surface area contributed by atoms with Crippen LogP contribution in [0.5, 0.6) is 0 Å². The number of rotatable bonds is 4. The van der Waals surface area contributed by atoms with Crippen molar-refractivity contribution in [2.24, 2.45) is 0 Å². The molecule has 3 heterocycles. The smallest absolute Gasteiger partial charge is 0.128 e. The molecule has 1 aromatic heterocycles. The summed E-state index contributed by atoms with van der Waals surface area (Å²) >= 11 is 0. The van der Waals surface area contributed by atoms with Crippen molar-refractivity contribution in [2.45, 2.75) is 56.9 Å². The Labute approximate surface area is 144 Å². The van der Waals surface area contributed by atoms with E-state index in [9.17, 15) is 0 Å². The molecule has 0 radical (unpaired) electrons. The van der Waals surface area contributed by atoms with Crippen LogP contribution in [-0.2, 0) is 16.0 Å². The third-order valence-corrected chi connectivity index (χ3v) is 5.84. The lowest BCUT2D eigenvalue weighted by Gasteiger charge is -2.45. The Morgan fingerprint density at radius 3 is 2.83 bits per heavy atom. The summed E-state index contributed by atoms with van der Waals surface area (Å²) < 4.78 is 11.6. The quantitative estimate of drug-likeness (QED) is 0.847. The molecule has 3 atom stereocenters. The van der Waals surface area contributed by atoms with Gasteiger partial charge in [0, 0.05) is 45.5 Å². The summed E-state index contributed by atoms with van der Waals surface area (Å²) in [6.07, 6.45) is 8.73. The molecule has 0 amide bonds. The molecule has 0 unspecified atom stereocenters. The molecule has 2 saturated heterocycles. The Balaban J connectivity index is 1.41. The van der Waals surface area contributed by atoms with E-state index in [1.54, 1.807) is 0 Å². The molecule has 2 aliphatic heterocycles. The molecule has 3 aliphatic rings. The lowest BCUT2D eigenvalue weighted by molar-refractivity contribution is -0.116. The number of aromatic nitrogens is 1. The fourth-order valence-corrected chi connectivity index (χ4v) is 4.44. The van der Waals surface area contributed by atoms with E-state index in [2.05, 4.69) is 28.1 Å². The zero-order valence-electron chi connectivity index (χ0n) is 14.7. The summed E-state index contributed by atoms with van der Waals surface area (Å²) in [4.78, 5) is 9.67. The van der Waals surface area contributed by atoms with Crippen LogP contribution in [0, 0.1) is 0 Å². The van der Waals surface area contributed by atoms with Crippen LogP contribution in [0.25, 0.3) is 0 Å². The number of hydrogen-bond donors (Lipinski definition) is 0. The largest absolute Gasteiger partial charge is 0.381 e. The van der Waals surface area contributed by atoms with Crippen molar-refractivity contribution in [3.05, 3.63) is 23.9 Å². The Hall–Kier alpha value is -1.17. The predicted octanol–water partition coefficient (Wildman–Crippen LogP) is 2.45. The van der Waals surface area contributed by atoms with Gasteiger partial charge in [0.15, 0.2) is 0 Å². The van der Waals surface area contributed by atoms with E-state index in [1.807, 2.05) is 7.11 Å². The second kappa shape index (κ2) is 7.38. The zero-order valence-corrected chi connectivity index (χ0v) is 14.7. The van der Waals surface area contributed by atoms with E-state index in [1.165, 1.54) is 18.4 Å². The fraction of sp³-hybridized carbons (Fsp3) is 0.737. The summed E-state index contributed by atoms with van der Waals surface area (Å²) in [5, 5.41) is 0. The molecule has 0 aromatic carbocycles. The zero-order chi connectivity index (χ0) is 16.4. The third kappa shape index (κ3) is 3.44. The second-order valence-corrected chi connectivity index (χ2v) is 7.34. The number of fused-ring (bicyclic) bond motifs is 1. The molecule has 132 valence electrons. The van der Waals surface area contributed by atoms with Crippen molar-refractivity contribution in [3.63, 3.8) is 0 Å². The van der Waals surface area contributed by atoms with Crippen LogP contribution < -0.4 is 4.90 Å². The highest BCUT2D eigenvalue weighted by atomic mass is 16.5. The first kappa shape index (κ1) is 16.3. The molecule has 1 aliphatic carbocycles. The van der Waals surface area contributed by atoms with Crippen LogP contribution in [0.2, 0.25) is 0 Å². The van der Waals surface area contributed by atoms with Gasteiger partial charge in [0.05, 0.1) is 18.8 Å². The third-order valence-electron chi connectivity index (χ3n) is 5.84. The van der Waals surface area contributed by atoms with E-state index < -0.39 is 0 Å². The maximum atomic E-state index is 6.01. The van der Waals surface area contributed by atoms with Gasteiger partial charge in [-0.05, 0) is 43.7 Å². The maximum absolute atomic E-state index is 6.01. The number of pyridine rings is 1. The molecule has 1 aromatic rings. The van der Waals surface area contributed by atoms with Crippen LogP contribution >= 0.6 is 0 Å². The molecular weight excluding hydrogens is 302 g/mol. The van der Waals surface area contributed by atoms with Gasteiger partial charge in [-0.2, -0.15) is 0 Å². The predicted molar refractivity (Wildman–Crippen MR) is 94.3 cm³/mol. The second-order valence-electron chi connectivity index (χ2n) is 7.34. The molecule has 0 spiro atoms. The van der Waals surface area contributed by atoms with Crippen molar-refractivity contribution >= 4 is 5.82 Å². The van der Waals surface area contributed by atoms with Gasteiger partial charge in [0.2, 0.25) is 0 Å². The molecular formula is C19H29N3O2. The SMILES string of the molecule is CO[C@@H]1CC[C@@H]2OCCN(Cc3ccc(N4CCCC4)nc3)[C@H]2C1. The molecule has 5 nitrogen and oxygen atoms in total. The molecule has 3 fully saturated rings. The average Bonchev–Trinajstić information content (AvgIpc) is 3.17. The standard InChI is InChI=1S/C19H29N3O2/c1-23-16-5-6-18-17(12-16)22(10-11-24-18)14-15-4-7-19(20-13-15)21-8-2-3-9-21/h4,7,13,16-18H,2-3,5-6,8-12,14H2,1H3/t16-,17+,18+/m1/s1. The maximum Gasteiger partial charge on any atom is 0.128 e. The Morgan fingerprint density at radius 1 is 1.21 bits per heavy atom. The molecule has 0 N–H and O–H groups in total. The summed E-state index contributed by atoms with van der Waals surface area (Å²) in [5.41, 5.74) is 1.30. The first-order chi connectivity index (χ1) is 11.8.